The summed E-state index contributed by atoms with van der Waals surface area (Å²) in [5.41, 5.74) is 0.762. The van der Waals surface area contributed by atoms with Crippen LogP contribution in [0.25, 0.3) is 0 Å². The number of carbonyl (C=O) groups is 1. The smallest absolute Gasteiger partial charge is 0.453 e. The lowest BCUT2D eigenvalue weighted by Crippen LogP contribution is -2.47. The molecule has 1 aromatic carbocycles. The minimum Gasteiger partial charge on any atom is -0.494 e. The van der Waals surface area contributed by atoms with Gasteiger partial charge >= 0.3 is 18.1 Å². The van der Waals surface area contributed by atoms with Crippen molar-refractivity contribution >= 4 is 22.6 Å². The Kier molecular flexibility index (Phi) is 27.4. The molecule has 418 valence electrons. The molecule has 0 amide bonds. The van der Waals surface area contributed by atoms with Gasteiger partial charge in [0.25, 0.3) is 0 Å². The predicted molar refractivity (Wildman–Crippen MR) is 290 cm³/mol. The molecule has 72 heavy (non-hydrogen) atoms. The summed E-state index contributed by atoms with van der Waals surface area (Å²) >= 11 is 0. The average molecular weight is 1060 g/mol. The quantitative estimate of drug-likeness (QED) is 0.0284. The number of ether oxygens (including phenoxy) is 4. The summed E-state index contributed by atoms with van der Waals surface area (Å²) in [5.74, 6) is -3.90. The number of esters is 1. The zero-order valence-corrected chi connectivity index (χ0v) is 49.2. The summed E-state index contributed by atoms with van der Waals surface area (Å²) in [5, 5.41) is 0.157. The highest BCUT2D eigenvalue weighted by Gasteiger charge is 2.56. The van der Waals surface area contributed by atoms with E-state index in [-0.39, 0.29) is 59.3 Å². The zero-order chi connectivity index (χ0) is 53.6. The van der Waals surface area contributed by atoms with Gasteiger partial charge in [-0.25, -0.2) is 4.79 Å². The standard InChI is InChI=1S/C58H101F5O7Si2/c1-13-14-15-16-17-18-19-23-26-29-33-50(67-48-37-35-47(36-38-48)65-42-31-41-57(59,60)58(61,62)63)51-39-40-52(68-51)53(70-72(11,12)56(6,7)8)34-30-27-24-21-20-22-25-28-32-49(69-71(9,10)55(3,4)5)44-46-43-45(2)66-54(46)64/h35-38,43,45,49-53H,13-34,39-42,44H2,1-12H3/t45-,49+,50+,51+,52+,53+/m0/s1. The van der Waals surface area contributed by atoms with Gasteiger partial charge in [0.1, 0.15) is 23.7 Å². The summed E-state index contributed by atoms with van der Waals surface area (Å²) in [7, 11) is -4.11. The minimum atomic E-state index is -5.57. The first-order valence-electron chi connectivity index (χ1n) is 28.4. The summed E-state index contributed by atoms with van der Waals surface area (Å²) < 4.78 is 103. The maximum absolute atomic E-state index is 13.4. The van der Waals surface area contributed by atoms with Crippen LogP contribution in [0.3, 0.4) is 0 Å². The van der Waals surface area contributed by atoms with Crippen LogP contribution >= 0.6 is 0 Å². The fraction of sp³-hybridized carbons (Fsp3) is 0.845. The Balaban J connectivity index is 1.56. The Morgan fingerprint density at radius 2 is 1.06 bits per heavy atom. The molecule has 7 nitrogen and oxygen atoms in total. The minimum absolute atomic E-state index is 0.00735. The monoisotopic (exact) mass is 1060 g/mol. The van der Waals surface area contributed by atoms with Crippen LogP contribution in [0.1, 0.15) is 222 Å². The van der Waals surface area contributed by atoms with Crippen LogP contribution in [-0.2, 0) is 23.1 Å². The Morgan fingerprint density at radius 3 is 1.53 bits per heavy atom. The molecule has 2 heterocycles. The molecule has 1 fully saturated rings. The van der Waals surface area contributed by atoms with Crippen molar-refractivity contribution in [2.24, 2.45) is 0 Å². The lowest BCUT2D eigenvalue weighted by molar-refractivity contribution is -0.284. The molecule has 6 atom stereocenters. The average Bonchev–Trinajstić information content (AvgIpc) is 3.90. The number of rotatable bonds is 37. The molecule has 1 aromatic rings. The van der Waals surface area contributed by atoms with E-state index in [4.69, 9.17) is 27.8 Å². The number of hydrogen-bond donors (Lipinski definition) is 0. The second-order valence-corrected chi connectivity index (χ2v) is 33.9. The lowest BCUT2D eigenvalue weighted by atomic mass is 9.99. The molecule has 0 bridgehead atoms. The van der Waals surface area contributed by atoms with Crippen molar-refractivity contribution in [3.05, 3.63) is 35.9 Å². The maximum Gasteiger partial charge on any atom is 0.453 e. The first kappa shape index (κ1) is 64.3. The molecular weight excluding hydrogens is 960 g/mol. The van der Waals surface area contributed by atoms with Gasteiger partial charge in [0.15, 0.2) is 16.6 Å². The van der Waals surface area contributed by atoms with Crippen molar-refractivity contribution < 1.29 is 54.5 Å². The third-order valence-corrected chi connectivity index (χ3v) is 24.9. The van der Waals surface area contributed by atoms with Crippen LogP contribution in [-0.4, -0.2) is 77.9 Å². The normalized spacial score (nSPS) is 19.6. The van der Waals surface area contributed by atoms with Crippen LogP contribution in [0.5, 0.6) is 11.5 Å². The summed E-state index contributed by atoms with van der Waals surface area (Å²) in [6.07, 6.45) is 21.1. The fourth-order valence-corrected chi connectivity index (χ4v) is 12.0. The molecule has 0 saturated carbocycles. The van der Waals surface area contributed by atoms with Gasteiger partial charge in [-0.05, 0) is 118 Å². The van der Waals surface area contributed by atoms with E-state index >= 15 is 0 Å². The second-order valence-electron chi connectivity index (χ2n) is 24.4. The fourth-order valence-electron chi connectivity index (χ4n) is 9.28. The highest BCUT2D eigenvalue weighted by molar-refractivity contribution is 6.74. The highest BCUT2D eigenvalue weighted by atomic mass is 28.4. The number of unbranched alkanes of at least 4 members (excludes halogenated alkanes) is 16. The van der Waals surface area contributed by atoms with Crippen LogP contribution in [0.15, 0.2) is 35.9 Å². The Bertz CT molecular complexity index is 1690. The molecule has 1 saturated heterocycles. The molecule has 0 spiro atoms. The van der Waals surface area contributed by atoms with Gasteiger partial charge in [-0.15, -0.1) is 0 Å². The van der Waals surface area contributed by atoms with Gasteiger partial charge in [-0.1, -0.05) is 158 Å². The van der Waals surface area contributed by atoms with Gasteiger partial charge in [0.2, 0.25) is 0 Å². The SMILES string of the molecule is CCCCCCCCCCCC[C@@H](Oc1ccc(OCCCC(F)(F)C(F)(F)F)cc1)[C@H]1CC[C@H]([C@@H](CCCCCCCCCC[C@H](CC2=C[C@H](C)OC2=O)O[Si](C)(C)C(C)(C)C)O[Si](C)(C)C(C)(C)C)O1. The topological polar surface area (TPSA) is 72.5 Å². The molecule has 14 heteroatoms. The van der Waals surface area contributed by atoms with Gasteiger partial charge < -0.3 is 27.8 Å². The Morgan fingerprint density at radius 1 is 0.611 bits per heavy atom. The van der Waals surface area contributed by atoms with E-state index in [1.807, 2.05) is 13.0 Å². The van der Waals surface area contributed by atoms with Crippen molar-refractivity contribution in [3.8, 4) is 11.5 Å². The van der Waals surface area contributed by atoms with E-state index in [0.29, 0.717) is 17.9 Å². The summed E-state index contributed by atoms with van der Waals surface area (Å²) in [4.78, 5) is 12.5. The molecule has 0 unspecified atom stereocenters. The first-order valence-corrected chi connectivity index (χ1v) is 34.2. The van der Waals surface area contributed by atoms with E-state index in [1.165, 1.54) is 77.0 Å². The number of benzene rings is 1. The maximum atomic E-state index is 13.4. The van der Waals surface area contributed by atoms with Crippen molar-refractivity contribution in [2.45, 2.75) is 307 Å². The lowest BCUT2D eigenvalue weighted by Gasteiger charge is -2.41. The first-order chi connectivity index (χ1) is 33.7. The van der Waals surface area contributed by atoms with Crippen LogP contribution in [0, 0.1) is 0 Å². The number of halogens is 5. The zero-order valence-electron chi connectivity index (χ0n) is 47.2. The third-order valence-electron chi connectivity index (χ3n) is 15.9. The van der Waals surface area contributed by atoms with E-state index in [9.17, 15) is 26.7 Å². The molecule has 0 radical (unpaired) electrons. The number of carbonyl (C=O) groups excluding carboxylic acids is 1. The van der Waals surface area contributed by atoms with Crippen LogP contribution in [0.2, 0.25) is 36.3 Å². The number of cyclic esters (lactones) is 1. The van der Waals surface area contributed by atoms with Gasteiger partial charge in [0, 0.05) is 24.5 Å². The van der Waals surface area contributed by atoms with Crippen molar-refractivity contribution in [2.75, 3.05) is 6.61 Å². The summed E-state index contributed by atoms with van der Waals surface area (Å²) in [6.45, 7) is 26.8. The van der Waals surface area contributed by atoms with E-state index in [0.717, 1.165) is 76.2 Å². The molecule has 0 aromatic heterocycles. The summed E-state index contributed by atoms with van der Waals surface area (Å²) in [6, 6.07) is 6.91. The predicted octanol–water partition coefficient (Wildman–Crippen LogP) is 18.6. The van der Waals surface area contributed by atoms with E-state index in [1.54, 1.807) is 24.3 Å². The van der Waals surface area contributed by atoms with Crippen molar-refractivity contribution in [3.63, 3.8) is 0 Å². The van der Waals surface area contributed by atoms with Crippen molar-refractivity contribution in [1.82, 2.24) is 0 Å². The van der Waals surface area contributed by atoms with E-state index in [2.05, 4.69) is 74.7 Å². The number of hydrogen-bond acceptors (Lipinski definition) is 7. The molecule has 2 aliphatic rings. The van der Waals surface area contributed by atoms with Gasteiger partial charge in [-0.3, -0.25) is 0 Å². The second kappa shape index (κ2) is 30.7. The highest BCUT2D eigenvalue weighted by Crippen LogP contribution is 2.42. The van der Waals surface area contributed by atoms with E-state index < -0.39 is 41.6 Å². The van der Waals surface area contributed by atoms with Crippen LogP contribution < -0.4 is 9.47 Å². The molecule has 0 N–H and O–H groups in total. The van der Waals surface area contributed by atoms with Gasteiger partial charge in [0.05, 0.1) is 24.9 Å². The van der Waals surface area contributed by atoms with Crippen LogP contribution in [0.4, 0.5) is 22.0 Å². The largest absolute Gasteiger partial charge is 0.494 e. The number of alkyl halides is 5. The van der Waals surface area contributed by atoms with Gasteiger partial charge in [-0.2, -0.15) is 22.0 Å². The Labute approximate surface area is 436 Å². The third kappa shape index (κ3) is 23.1. The molecule has 2 aliphatic heterocycles. The van der Waals surface area contributed by atoms with Crippen molar-refractivity contribution in [1.29, 1.82) is 0 Å². The molecule has 3 rings (SSSR count). The molecule has 0 aliphatic carbocycles. The Hall–Kier alpha value is -2.01. The molecular formula is C58H101F5O7Si2.